The fraction of sp³-hybridized carbons (Fsp3) is 0.167. The van der Waals surface area contributed by atoms with E-state index in [0.717, 1.165) is 16.0 Å². The van der Waals surface area contributed by atoms with E-state index in [9.17, 15) is 0 Å². The lowest BCUT2D eigenvalue weighted by Gasteiger charge is -1.77. The summed E-state index contributed by atoms with van der Waals surface area (Å²) in [6, 6.07) is 0. The van der Waals surface area contributed by atoms with Crippen molar-refractivity contribution in [2.75, 3.05) is 0 Å². The van der Waals surface area contributed by atoms with E-state index < -0.39 is 0 Å². The highest BCUT2D eigenvalue weighted by atomic mass is 79.9. The lowest BCUT2D eigenvalue weighted by molar-refractivity contribution is 1.22. The summed E-state index contributed by atoms with van der Waals surface area (Å²) in [6.07, 6.45) is 4.04. The molecule has 0 amide bonds. The summed E-state index contributed by atoms with van der Waals surface area (Å²) in [5.41, 5.74) is 1.09. The quantitative estimate of drug-likeness (QED) is 0.670. The van der Waals surface area contributed by atoms with Gasteiger partial charge in [0.2, 0.25) is 0 Å². The maximum Gasteiger partial charge on any atom is 0.193 e. The Labute approximate surface area is 70.6 Å². The van der Waals surface area contributed by atoms with Crippen molar-refractivity contribution in [2.24, 2.45) is 0 Å². The van der Waals surface area contributed by atoms with E-state index in [0.29, 0.717) is 0 Å². The van der Waals surface area contributed by atoms with Crippen LogP contribution in [0, 0.1) is 0 Å². The van der Waals surface area contributed by atoms with Crippen LogP contribution in [0.25, 0.3) is 4.96 Å². The summed E-state index contributed by atoms with van der Waals surface area (Å²) in [7, 11) is 0. The van der Waals surface area contributed by atoms with Gasteiger partial charge in [-0.15, -0.1) is 11.3 Å². The Kier molecular flexibility index (Phi) is 1.50. The van der Waals surface area contributed by atoms with Crippen molar-refractivity contribution in [1.82, 2.24) is 9.38 Å². The molecule has 10 heavy (non-hydrogen) atoms. The van der Waals surface area contributed by atoms with Crippen LogP contribution in [0.2, 0.25) is 0 Å². The molecule has 0 aliphatic heterocycles. The zero-order chi connectivity index (χ0) is 6.97. The predicted molar refractivity (Wildman–Crippen MR) is 45.7 cm³/mol. The van der Waals surface area contributed by atoms with Gasteiger partial charge in [-0.2, -0.15) is 0 Å². The molecule has 2 heterocycles. The Morgan fingerprint density at radius 2 is 2.60 bits per heavy atom. The molecule has 0 N–H and O–H groups in total. The van der Waals surface area contributed by atoms with Gasteiger partial charge >= 0.3 is 0 Å². The molecule has 0 bridgehead atoms. The molecule has 0 fully saturated rings. The molecule has 0 saturated carbocycles. The normalized spacial score (nSPS) is 10.9. The van der Waals surface area contributed by atoms with Crippen molar-refractivity contribution in [3.8, 4) is 0 Å². The Hall–Kier alpha value is -0.350. The number of thiazole rings is 1. The standard InChI is InChI=1S/C6H5BrN2S/c7-3-5-4-9-1-2-10-6(9)8-5/h1-2,4H,3H2. The lowest BCUT2D eigenvalue weighted by Crippen LogP contribution is -1.71. The Morgan fingerprint density at radius 3 is 3.30 bits per heavy atom. The Balaban J connectivity index is 2.67. The van der Waals surface area contributed by atoms with Gasteiger partial charge < -0.3 is 0 Å². The molecule has 0 saturated heterocycles. The van der Waals surface area contributed by atoms with Gasteiger partial charge in [0.1, 0.15) is 0 Å². The van der Waals surface area contributed by atoms with Crippen LogP contribution in [0.5, 0.6) is 0 Å². The average molecular weight is 217 g/mol. The van der Waals surface area contributed by atoms with Crippen LogP contribution in [0.15, 0.2) is 17.8 Å². The van der Waals surface area contributed by atoms with Gasteiger partial charge in [-0.25, -0.2) is 4.98 Å². The van der Waals surface area contributed by atoms with Crippen molar-refractivity contribution in [2.45, 2.75) is 5.33 Å². The molecule has 0 aliphatic rings. The van der Waals surface area contributed by atoms with Crippen molar-refractivity contribution >= 4 is 32.2 Å². The van der Waals surface area contributed by atoms with Crippen LogP contribution in [-0.2, 0) is 5.33 Å². The van der Waals surface area contributed by atoms with E-state index in [2.05, 4.69) is 20.9 Å². The molecule has 0 unspecified atom stereocenters. The van der Waals surface area contributed by atoms with Crippen LogP contribution >= 0.6 is 27.3 Å². The fourth-order valence-electron chi connectivity index (χ4n) is 0.840. The van der Waals surface area contributed by atoms with E-state index in [1.807, 2.05) is 22.2 Å². The molecule has 2 aromatic heterocycles. The van der Waals surface area contributed by atoms with Gasteiger partial charge in [0.25, 0.3) is 0 Å². The van der Waals surface area contributed by atoms with Gasteiger partial charge in [0.15, 0.2) is 4.96 Å². The molecule has 2 nitrogen and oxygen atoms in total. The lowest BCUT2D eigenvalue weighted by atomic mass is 10.6. The van der Waals surface area contributed by atoms with Gasteiger partial charge in [0, 0.05) is 23.1 Å². The smallest absolute Gasteiger partial charge is 0.193 e. The zero-order valence-electron chi connectivity index (χ0n) is 5.12. The fourth-order valence-corrected chi connectivity index (χ4v) is 1.83. The number of aromatic nitrogens is 2. The summed E-state index contributed by atoms with van der Waals surface area (Å²) in [5.74, 6) is 0. The molecular formula is C6H5BrN2S. The molecule has 2 rings (SSSR count). The maximum atomic E-state index is 4.33. The van der Waals surface area contributed by atoms with E-state index in [-0.39, 0.29) is 0 Å². The molecule has 2 aromatic rings. The molecule has 0 spiro atoms. The van der Waals surface area contributed by atoms with Crippen LogP contribution < -0.4 is 0 Å². The highest BCUT2D eigenvalue weighted by Gasteiger charge is 1.98. The second-order valence-corrected chi connectivity index (χ2v) is 3.39. The summed E-state index contributed by atoms with van der Waals surface area (Å²) in [5, 5.41) is 2.86. The minimum Gasteiger partial charge on any atom is -0.297 e. The highest BCUT2D eigenvalue weighted by molar-refractivity contribution is 9.08. The summed E-state index contributed by atoms with van der Waals surface area (Å²) >= 11 is 5.00. The maximum absolute atomic E-state index is 4.33. The number of rotatable bonds is 1. The van der Waals surface area contributed by atoms with E-state index in [1.165, 1.54) is 0 Å². The third-order valence-corrected chi connectivity index (χ3v) is 2.63. The molecular weight excluding hydrogens is 212 g/mol. The van der Waals surface area contributed by atoms with Crippen LogP contribution in [-0.4, -0.2) is 9.38 Å². The van der Waals surface area contributed by atoms with Gasteiger partial charge in [-0.05, 0) is 0 Å². The van der Waals surface area contributed by atoms with Crippen molar-refractivity contribution in [1.29, 1.82) is 0 Å². The third kappa shape index (κ3) is 0.876. The van der Waals surface area contributed by atoms with Gasteiger partial charge in [0.05, 0.1) is 5.69 Å². The number of nitrogens with zero attached hydrogens (tertiary/aromatic N) is 2. The average Bonchev–Trinajstić information content (AvgIpc) is 2.42. The molecule has 4 heteroatoms. The minimum atomic E-state index is 0.835. The first-order valence-corrected chi connectivity index (χ1v) is 4.87. The SMILES string of the molecule is BrCc1cn2ccsc2n1. The predicted octanol–water partition coefficient (Wildman–Crippen LogP) is 2.29. The van der Waals surface area contributed by atoms with E-state index in [4.69, 9.17) is 0 Å². The second-order valence-electron chi connectivity index (χ2n) is 1.96. The summed E-state index contributed by atoms with van der Waals surface area (Å²) < 4.78 is 2.03. The molecule has 0 atom stereocenters. The third-order valence-electron chi connectivity index (χ3n) is 1.28. The molecule has 52 valence electrons. The second kappa shape index (κ2) is 2.36. The summed E-state index contributed by atoms with van der Waals surface area (Å²) in [6.45, 7) is 0. The van der Waals surface area contributed by atoms with E-state index >= 15 is 0 Å². The zero-order valence-corrected chi connectivity index (χ0v) is 7.52. The highest BCUT2D eigenvalue weighted by Crippen LogP contribution is 2.12. The topological polar surface area (TPSA) is 17.3 Å². The van der Waals surface area contributed by atoms with Crippen LogP contribution in [0.1, 0.15) is 5.69 Å². The van der Waals surface area contributed by atoms with Crippen molar-refractivity contribution in [3.63, 3.8) is 0 Å². The number of fused-ring (bicyclic) bond motifs is 1. The first kappa shape index (κ1) is 6.37. The molecule has 0 aromatic carbocycles. The first-order chi connectivity index (χ1) is 4.90. The minimum absolute atomic E-state index is 0.835. The van der Waals surface area contributed by atoms with Gasteiger partial charge in [-0.1, -0.05) is 15.9 Å². The number of hydrogen-bond donors (Lipinski definition) is 0. The number of imidazole rings is 1. The number of halogens is 1. The first-order valence-electron chi connectivity index (χ1n) is 2.87. The largest absolute Gasteiger partial charge is 0.297 e. The Bertz CT molecular complexity index is 309. The number of hydrogen-bond acceptors (Lipinski definition) is 2. The summed E-state index contributed by atoms with van der Waals surface area (Å²) in [4.78, 5) is 5.39. The van der Waals surface area contributed by atoms with Crippen molar-refractivity contribution < 1.29 is 0 Å². The van der Waals surface area contributed by atoms with E-state index in [1.54, 1.807) is 11.3 Å². The number of alkyl halides is 1. The van der Waals surface area contributed by atoms with Crippen molar-refractivity contribution in [3.05, 3.63) is 23.5 Å². The van der Waals surface area contributed by atoms with Crippen LogP contribution in [0.3, 0.4) is 0 Å². The molecule has 0 aliphatic carbocycles. The van der Waals surface area contributed by atoms with Crippen LogP contribution in [0.4, 0.5) is 0 Å². The van der Waals surface area contributed by atoms with Gasteiger partial charge in [-0.3, -0.25) is 4.40 Å². The Morgan fingerprint density at radius 1 is 1.70 bits per heavy atom. The molecule has 0 radical (unpaired) electrons. The monoisotopic (exact) mass is 216 g/mol.